The second kappa shape index (κ2) is 16.5. The van der Waals surface area contributed by atoms with E-state index in [1.54, 1.807) is 4.68 Å². The third-order valence-electron chi connectivity index (χ3n) is 9.77. The molecule has 276 valence electrons. The molecule has 7 rings (SSSR count). The number of nitrogens with one attached hydrogen (secondary N) is 2. The van der Waals surface area contributed by atoms with Crippen molar-refractivity contribution in [1.82, 2.24) is 19.6 Å². The van der Waals surface area contributed by atoms with Gasteiger partial charge in [-0.05, 0) is 72.7 Å². The summed E-state index contributed by atoms with van der Waals surface area (Å²) in [5, 5.41) is 10.6. The maximum absolute atomic E-state index is 13.2. The molecule has 3 heterocycles. The van der Waals surface area contributed by atoms with Crippen LogP contribution in [0.1, 0.15) is 36.8 Å². The Kier molecular flexibility index (Phi) is 11.0. The van der Waals surface area contributed by atoms with Gasteiger partial charge in [0.2, 0.25) is 11.8 Å². The number of rotatable bonds is 10. The smallest absolute Gasteiger partial charge is 0.410 e. The molecule has 4 aromatic carbocycles. The highest BCUT2D eigenvalue weighted by molar-refractivity contribution is 5.98. The van der Waals surface area contributed by atoms with Gasteiger partial charge >= 0.3 is 12.2 Å². The number of benzene rings is 4. The lowest BCUT2D eigenvalue weighted by atomic mass is 10.1. The Labute approximate surface area is 313 Å². The van der Waals surface area contributed by atoms with Crippen molar-refractivity contribution in [3.8, 4) is 22.5 Å². The van der Waals surface area contributed by atoms with Gasteiger partial charge in [0, 0.05) is 37.1 Å². The summed E-state index contributed by atoms with van der Waals surface area (Å²) < 4.78 is 12.8. The molecule has 0 spiro atoms. The van der Waals surface area contributed by atoms with E-state index in [0.717, 1.165) is 46.5 Å². The normalized spacial score (nSPS) is 16.5. The number of carbonyl (C=O) groups excluding carboxylic acids is 4. The largest absolute Gasteiger partial charge is 0.445 e. The van der Waals surface area contributed by atoms with Crippen LogP contribution in [0.25, 0.3) is 22.5 Å². The predicted molar refractivity (Wildman–Crippen MR) is 204 cm³/mol. The van der Waals surface area contributed by atoms with Gasteiger partial charge in [0.25, 0.3) is 0 Å². The van der Waals surface area contributed by atoms with E-state index in [-0.39, 0.29) is 25.0 Å². The van der Waals surface area contributed by atoms with Crippen LogP contribution in [0.5, 0.6) is 0 Å². The lowest BCUT2D eigenvalue weighted by Crippen LogP contribution is -2.43. The number of carbonyl (C=O) groups is 4. The number of anilines is 2. The average molecular weight is 727 g/mol. The molecule has 54 heavy (non-hydrogen) atoms. The maximum atomic E-state index is 13.2. The van der Waals surface area contributed by atoms with Gasteiger partial charge < -0.3 is 20.1 Å². The Morgan fingerprint density at radius 3 is 1.54 bits per heavy atom. The van der Waals surface area contributed by atoms with Crippen LogP contribution in [-0.2, 0) is 39.3 Å². The predicted octanol–water partition coefficient (Wildman–Crippen LogP) is 7.23. The SMILES string of the molecule is Cn1nc(-c2ccc(NC(=O)[C@@H]3CCCN3C(=O)OCc3ccccc3)cc2)cc1-c1ccc(NC(=O)[C@@H]2CCCN2C(=O)OCc2ccccc2)cc1. The van der Waals surface area contributed by atoms with E-state index in [1.165, 1.54) is 9.80 Å². The summed E-state index contributed by atoms with van der Waals surface area (Å²) in [6.45, 7) is 1.25. The van der Waals surface area contributed by atoms with Crippen molar-refractivity contribution in [3.05, 3.63) is 126 Å². The standard InChI is InChI=1S/C42H42N6O6/c1-46-38(32-18-22-34(23-19-32)44-40(50)37-15-9-25-48(37)42(52)54-28-30-12-6-3-7-13-30)26-35(45-46)31-16-20-33(21-17-31)43-39(49)36-14-8-24-47(36)41(51)53-27-29-10-4-2-5-11-29/h2-7,10-13,16-23,26,36-37H,8-9,14-15,24-25,27-28H2,1H3,(H,43,49)(H,44,50)/t36-,37-/m0/s1. The van der Waals surface area contributed by atoms with Crippen LogP contribution in [-0.4, -0.2) is 68.8 Å². The fraction of sp³-hybridized carbons (Fsp3) is 0.262. The molecule has 1 aromatic heterocycles. The second-order valence-electron chi connectivity index (χ2n) is 13.5. The van der Waals surface area contributed by atoms with Crippen LogP contribution < -0.4 is 10.6 Å². The summed E-state index contributed by atoms with van der Waals surface area (Å²) >= 11 is 0. The molecule has 12 heteroatoms. The molecule has 2 atom stereocenters. The molecule has 2 N–H and O–H groups in total. The molecule has 0 saturated carbocycles. The third-order valence-corrected chi connectivity index (χ3v) is 9.77. The Morgan fingerprint density at radius 1 is 0.630 bits per heavy atom. The molecule has 5 aromatic rings. The van der Waals surface area contributed by atoms with Crippen molar-refractivity contribution in [3.63, 3.8) is 0 Å². The van der Waals surface area contributed by atoms with Gasteiger partial charge in [0.05, 0.1) is 11.4 Å². The van der Waals surface area contributed by atoms with E-state index in [1.807, 2.05) is 122 Å². The summed E-state index contributed by atoms with van der Waals surface area (Å²) in [5.74, 6) is -0.500. The van der Waals surface area contributed by atoms with E-state index in [9.17, 15) is 19.2 Å². The summed E-state index contributed by atoms with van der Waals surface area (Å²) in [6.07, 6.45) is 1.61. The first-order chi connectivity index (χ1) is 26.3. The number of aryl methyl sites for hydroxylation is 1. The quantitative estimate of drug-likeness (QED) is 0.155. The minimum Gasteiger partial charge on any atom is -0.445 e. The molecule has 12 nitrogen and oxygen atoms in total. The number of nitrogens with zero attached hydrogens (tertiary/aromatic N) is 4. The molecule has 2 aliphatic heterocycles. The number of hydrogen-bond donors (Lipinski definition) is 2. The van der Waals surface area contributed by atoms with Crippen molar-refractivity contribution >= 4 is 35.4 Å². The van der Waals surface area contributed by atoms with Gasteiger partial charge in [-0.3, -0.25) is 24.1 Å². The summed E-state index contributed by atoms with van der Waals surface area (Å²) in [4.78, 5) is 55.0. The highest BCUT2D eigenvalue weighted by Gasteiger charge is 2.36. The molecule has 0 unspecified atom stereocenters. The van der Waals surface area contributed by atoms with Gasteiger partial charge in [-0.25, -0.2) is 9.59 Å². The first kappa shape index (κ1) is 36.0. The fourth-order valence-corrected chi connectivity index (χ4v) is 6.90. The number of hydrogen-bond acceptors (Lipinski definition) is 7. The third kappa shape index (κ3) is 8.44. The summed E-state index contributed by atoms with van der Waals surface area (Å²) in [5.41, 5.74) is 6.43. The van der Waals surface area contributed by atoms with Crippen molar-refractivity contribution in [2.45, 2.75) is 51.0 Å². The van der Waals surface area contributed by atoms with Crippen molar-refractivity contribution in [2.24, 2.45) is 7.05 Å². The fourth-order valence-electron chi connectivity index (χ4n) is 6.90. The van der Waals surface area contributed by atoms with Crippen LogP contribution >= 0.6 is 0 Å². The molecule has 4 amide bonds. The molecular weight excluding hydrogens is 684 g/mol. The van der Waals surface area contributed by atoms with Crippen LogP contribution in [0, 0.1) is 0 Å². The lowest BCUT2D eigenvalue weighted by molar-refractivity contribution is -0.120. The van der Waals surface area contributed by atoms with E-state index in [4.69, 9.17) is 14.6 Å². The molecule has 2 fully saturated rings. The van der Waals surface area contributed by atoms with Crippen molar-refractivity contribution in [2.75, 3.05) is 23.7 Å². The van der Waals surface area contributed by atoms with Crippen LogP contribution in [0.4, 0.5) is 21.0 Å². The number of likely N-dealkylation sites (tertiary alicyclic amines) is 2. The van der Waals surface area contributed by atoms with Gasteiger partial charge in [0.15, 0.2) is 0 Å². The van der Waals surface area contributed by atoms with E-state index < -0.39 is 24.3 Å². The number of aromatic nitrogens is 2. The summed E-state index contributed by atoms with van der Waals surface area (Å²) in [6, 6.07) is 34.6. The monoisotopic (exact) mass is 726 g/mol. The van der Waals surface area contributed by atoms with Crippen LogP contribution in [0.15, 0.2) is 115 Å². The zero-order valence-electron chi connectivity index (χ0n) is 30.0. The van der Waals surface area contributed by atoms with Crippen molar-refractivity contribution < 1.29 is 28.7 Å². The molecule has 2 aliphatic rings. The Hall–Kier alpha value is -6.43. The van der Waals surface area contributed by atoms with Gasteiger partial charge in [-0.15, -0.1) is 0 Å². The number of ether oxygens (including phenoxy) is 2. The van der Waals surface area contributed by atoms with Crippen LogP contribution in [0.2, 0.25) is 0 Å². The molecule has 2 saturated heterocycles. The zero-order valence-corrected chi connectivity index (χ0v) is 30.0. The van der Waals surface area contributed by atoms with Gasteiger partial charge in [-0.1, -0.05) is 84.9 Å². The highest BCUT2D eigenvalue weighted by Crippen LogP contribution is 2.29. The first-order valence-electron chi connectivity index (χ1n) is 18.1. The minimum absolute atomic E-state index is 0.154. The second-order valence-corrected chi connectivity index (χ2v) is 13.5. The zero-order chi connectivity index (χ0) is 37.4. The number of amides is 4. The van der Waals surface area contributed by atoms with E-state index >= 15 is 0 Å². The van der Waals surface area contributed by atoms with E-state index in [0.29, 0.717) is 37.3 Å². The molecular formula is C42H42N6O6. The average Bonchev–Trinajstić information content (AvgIpc) is 3.98. The van der Waals surface area contributed by atoms with E-state index in [2.05, 4.69) is 10.6 Å². The molecule has 0 aliphatic carbocycles. The Balaban J connectivity index is 0.925. The van der Waals surface area contributed by atoms with Crippen LogP contribution in [0.3, 0.4) is 0 Å². The van der Waals surface area contributed by atoms with Gasteiger partial charge in [0.1, 0.15) is 25.3 Å². The Morgan fingerprint density at radius 2 is 1.07 bits per heavy atom. The topological polar surface area (TPSA) is 135 Å². The molecule has 0 radical (unpaired) electrons. The summed E-state index contributed by atoms with van der Waals surface area (Å²) in [7, 11) is 1.87. The highest BCUT2D eigenvalue weighted by atomic mass is 16.6. The maximum Gasteiger partial charge on any atom is 0.410 e. The lowest BCUT2D eigenvalue weighted by Gasteiger charge is -2.23. The van der Waals surface area contributed by atoms with Crippen molar-refractivity contribution in [1.29, 1.82) is 0 Å². The first-order valence-corrected chi connectivity index (χ1v) is 18.1. The Bertz CT molecular complexity index is 2090. The molecule has 0 bridgehead atoms. The van der Waals surface area contributed by atoms with Gasteiger partial charge in [-0.2, -0.15) is 5.10 Å². The minimum atomic E-state index is -0.600.